The molecule has 1 aliphatic heterocycles. The fourth-order valence-corrected chi connectivity index (χ4v) is 3.89. The van der Waals surface area contributed by atoms with E-state index < -0.39 is 6.36 Å². The molecule has 0 spiro atoms. The molecule has 0 unspecified atom stereocenters. The highest BCUT2D eigenvalue weighted by Gasteiger charge is 2.31. The second-order valence-electron chi connectivity index (χ2n) is 7.29. The van der Waals surface area contributed by atoms with Crippen LogP contribution >= 0.6 is 0 Å². The molecule has 3 aromatic carbocycles. The number of hydrogen-bond acceptors (Lipinski definition) is 3. The predicted octanol–water partition coefficient (Wildman–Crippen LogP) is 5.25. The van der Waals surface area contributed by atoms with Crippen LogP contribution in [0.2, 0.25) is 0 Å². The topological polar surface area (TPSA) is 24.5 Å². The van der Waals surface area contributed by atoms with Gasteiger partial charge in [0.2, 0.25) is 0 Å². The van der Waals surface area contributed by atoms with Gasteiger partial charge in [-0.05, 0) is 34.4 Å². The number of alkyl halides is 3. The lowest BCUT2D eigenvalue weighted by atomic mass is 9.94. The largest absolute Gasteiger partial charge is 0.573 e. The van der Waals surface area contributed by atoms with Gasteiger partial charge in [-0.25, -0.2) is 0 Å². The summed E-state index contributed by atoms with van der Waals surface area (Å²) >= 11 is 0. The molecule has 0 aromatic heterocycles. The highest BCUT2D eigenvalue weighted by Crippen LogP contribution is 2.32. The van der Waals surface area contributed by atoms with E-state index in [9.17, 15) is 13.2 Å². The summed E-state index contributed by atoms with van der Waals surface area (Å²) in [6, 6.07) is 24.7. The molecule has 1 heterocycles. The van der Waals surface area contributed by atoms with E-state index >= 15 is 0 Å². The highest BCUT2D eigenvalue weighted by atomic mass is 19.4. The Morgan fingerprint density at radius 1 is 0.733 bits per heavy atom. The number of benzene rings is 3. The van der Waals surface area contributed by atoms with Crippen LogP contribution < -0.4 is 10.1 Å². The van der Waals surface area contributed by atoms with Crippen LogP contribution in [-0.2, 0) is 0 Å². The Balaban J connectivity index is 1.63. The van der Waals surface area contributed by atoms with Crippen LogP contribution in [0.25, 0.3) is 11.1 Å². The molecule has 156 valence electrons. The summed E-state index contributed by atoms with van der Waals surface area (Å²) in [7, 11) is 0. The van der Waals surface area contributed by atoms with Crippen LogP contribution in [0, 0.1) is 0 Å². The molecule has 0 saturated carbocycles. The van der Waals surface area contributed by atoms with Gasteiger partial charge in [-0.2, -0.15) is 0 Å². The van der Waals surface area contributed by atoms with Crippen LogP contribution in [0.4, 0.5) is 13.2 Å². The maximum atomic E-state index is 12.5. The quantitative estimate of drug-likeness (QED) is 0.620. The second kappa shape index (κ2) is 8.90. The third-order valence-corrected chi connectivity index (χ3v) is 5.28. The van der Waals surface area contributed by atoms with Crippen LogP contribution in [0.1, 0.15) is 17.2 Å². The highest BCUT2D eigenvalue weighted by molar-refractivity contribution is 5.63. The molecule has 1 aliphatic rings. The fraction of sp³-hybridized carbons (Fsp3) is 0.250. The molecule has 0 radical (unpaired) electrons. The first-order valence-corrected chi connectivity index (χ1v) is 9.95. The molecule has 1 saturated heterocycles. The molecule has 6 heteroatoms. The number of halogens is 3. The summed E-state index contributed by atoms with van der Waals surface area (Å²) in [4.78, 5) is 2.35. The third-order valence-electron chi connectivity index (χ3n) is 5.28. The van der Waals surface area contributed by atoms with E-state index in [-0.39, 0.29) is 11.8 Å². The van der Waals surface area contributed by atoms with Crippen molar-refractivity contribution in [2.24, 2.45) is 0 Å². The maximum absolute atomic E-state index is 12.5. The van der Waals surface area contributed by atoms with Gasteiger partial charge in [-0.15, -0.1) is 13.2 Å². The zero-order valence-corrected chi connectivity index (χ0v) is 16.4. The molecule has 0 aliphatic carbocycles. The van der Waals surface area contributed by atoms with Gasteiger partial charge in [0.1, 0.15) is 5.75 Å². The molecule has 30 heavy (non-hydrogen) atoms. The van der Waals surface area contributed by atoms with Crippen molar-refractivity contribution in [2.75, 3.05) is 26.2 Å². The molecule has 1 fully saturated rings. The Morgan fingerprint density at radius 2 is 1.27 bits per heavy atom. The van der Waals surface area contributed by atoms with E-state index in [2.05, 4.69) is 51.4 Å². The Morgan fingerprint density at radius 3 is 1.83 bits per heavy atom. The minimum absolute atomic E-state index is 0.0307. The van der Waals surface area contributed by atoms with Gasteiger partial charge >= 0.3 is 6.36 Å². The SMILES string of the molecule is FC(F)(F)Oc1ccc([C@@H](c2ccc(-c3ccccc3)cc2)N2CCNCC2)cc1. The molecule has 1 atom stereocenters. The normalized spacial score (nSPS) is 16.2. The number of nitrogens with zero attached hydrogens (tertiary/aromatic N) is 1. The zero-order valence-electron chi connectivity index (χ0n) is 16.4. The standard InChI is InChI=1S/C24H23F3N2O/c25-24(26,27)30-22-12-10-21(11-13-22)23(29-16-14-28-15-17-29)20-8-6-19(7-9-20)18-4-2-1-3-5-18/h1-13,23,28H,14-17H2/t23-/m1/s1. The number of hydrogen-bond donors (Lipinski definition) is 1. The molecule has 3 aromatic rings. The van der Waals surface area contributed by atoms with E-state index in [4.69, 9.17) is 0 Å². The zero-order chi connectivity index (χ0) is 21.0. The summed E-state index contributed by atoms with van der Waals surface area (Å²) in [5.74, 6) is -0.204. The van der Waals surface area contributed by atoms with Gasteiger partial charge in [0.05, 0.1) is 6.04 Å². The van der Waals surface area contributed by atoms with E-state index in [1.54, 1.807) is 12.1 Å². The fourth-order valence-electron chi connectivity index (χ4n) is 3.89. The van der Waals surface area contributed by atoms with Crippen molar-refractivity contribution in [3.63, 3.8) is 0 Å². The molecular weight excluding hydrogens is 389 g/mol. The molecule has 1 N–H and O–H groups in total. The molecule has 0 amide bonds. The monoisotopic (exact) mass is 412 g/mol. The summed E-state index contributed by atoms with van der Waals surface area (Å²) in [5, 5.41) is 3.35. The van der Waals surface area contributed by atoms with E-state index in [1.165, 1.54) is 12.1 Å². The average molecular weight is 412 g/mol. The number of ether oxygens (including phenoxy) is 1. The third kappa shape index (κ3) is 5.01. The van der Waals surface area contributed by atoms with Crippen molar-refractivity contribution in [1.82, 2.24) is 10.2 Å². The van der Waals surface area contributed by atoms with Crippen molar-refractivity contribution >= 4 is 0 Å². The summed E-state index contributed by atoms with van der Waals surface area (Å²) in [5.41, 5.74) is 4.34. The van der Waals surface area contributed by atoms with Crippen LogP contribution in [0.5, 0.6) is 5.75 Å². The lowest BCUT2D eigenvalue weighted by Gasteiger charge is -2.35. The molecular formula is C24H23F3N2O. The van der Waals surface area contributed by atoms with Crippen molar-refractivity contribution in [2.45, 2.75) is 12.4 Å². The van der Waals surface area contributed by atoms with Crippen molar-refractivity contribution in [3.8, 4) is 16.9 Å². The van der Waals surface area contributed by atoms with Gasteiger partial charge in [0, 0.05) is 26.2 Å². The molecule has 0 bridgehead atoms. The Hall–Kier alpha value is -2.83. The summed E-state index contributed by atoms with van der Waals surface area (Å²) in [6.45, 7) is 3.50. The first-order chi connectivity index (χ1) is 14.5. The minimum atomic E-state index is -4.69. The molecule has 3 nitrogen and oxygen atoms in total. The second-order valence-corrected chi connectivity index (χ2v) is 7.29. The Kier molecular flexibility index (Phi) is 6.06. The Labute approximate surface area is 174 Å². The first kappa shape index (κ1) is 20.4. The lowest BCUT2D eigenvalue weighted by Crippen LogP contribution is -2.45. The van der Waals surface area contributed by atoms with Crippen molar-refractivity contribution in [1.29, 1.82) is 0 Å². The summed E-state index contributed by atoms with van der Waals surface area (Å²) in [6.07, 6.45) is -4.69. The first-order valence-electron chi connectivity index (χ1n) is 9.95. The molecule has 4 rings (SSSR count). The average Bonchev–Trinajstić information content (AvgIpc) is 2.76. The van der Waals surface area contributed by atoms with E-state index in [0.29, 0.717) is 0 Å². The van der Waals surface area contributed by atoms with Gasteiger partial charge in [-0.1, -0.05) is 66.7 Å². The number of rotatable bonds is 5. The number of nitrogens with one attached hydrogen (secondary N) is 1. The summed E-state index contributed by atoms with van der Waals surface area (Å²) < 4.78 is 41.5. The van der Waals surface area contributed by atoms with E-state index in [0.717, 1.165) is 48.4 Å². The van der Waals surface area contributed by atoms with Crippen molar-refractivity contribution in [3.05, 3.63) is 90.0 Å². The van der Waals surface area contributed by atoms with Gasteiger partial charge in [0.25, 0.3) is 0 Å². The van der Waals surface area contributed by atoms with Crippen LogP contribution in [0.3, 0.4) is 0 Å². The van der Waals surface area contributed by atoms with Gasteiger partial charge in [-0.3, -0.25) is 4.90 Å². The smallest absolute Gasteiger partial charge is 0.406 e. The number of piperazine rings is 1. The van der Waals surface area contributed by atoms with Gasteiger partial charge in [0.15, 0.2) is 0 Å². The van der Waals surface area contributed by atoms with Crippen LogP contribution in [0.15, 0.2) is 78.9 Å². The Bertz CT molecular complexity index is 935. The van der Waals surface area contributed by atoms with E-state index in [1.807, 2.05) is 18.2 Å². The maximum Gasteiger partial charge on any atom is 0.573 e. The van der Waals surface area contributed by atoms with Crippen molar-refractivity contribution < 1.29 is 17.9 Å². The lowest BCUT2D eigenvalue weighted by molar-refractivity contribution is -0.274. The van der Waals surface area contributed by atoms with Crippen LogP contribution in [-0.4, -0.2) is 37.4 Å². The predicted molar refractivity (Wildman–Crippen MR) is 111 cm³/mol. The minimum Gasteiger partial charge on any atom is -0.406 e. The van der Waals surface area contributed by atoms with Gasteiger partial charge < -0.3 is 10.1 Å².